The van der Waals surface area contributed by atoms with Gasteiger partial charge in [0, 0.05) is 9.64 Å². The van der Waals surface area contributed by atoms with E-state index in [0.717, 1.165) is 20.3 Å². The van der Waals surface area contributed by atoms with Crippen LogP contribution in [0.2, 0.25) is 0 Å². The molecule has 4 nitrogen and oxygen atoms in total. The first-order valence-electron chi connectivity index (χ1n) is 8.44. The molecule has 0 saturated carbocycles. The monoisotopic (exact) mass is 630 g/mol. The van der Waals surface area contributed by atoms with Gasteiger partial charge in [0.05, 0.1) is 29.3 Å². The fraction of sp³-hybridized carbons (Fsp3) is 0.143. The summed E-state index contributed by atoms with van der Waals surface area (Å²) in [6.07, 6.45) is 0. The number of pyridine rings is 1. The maximum atomic E-state index is 13.6. The van der Waals surface area contributed by atoms with E-state index in [4.69, 9.17) is 9.47 Å². The molecule has 0 bridgehead atoms. The lowest BCUT2D eigenvalue weighted by atomic mass is 10.1. The highest BCUT2D eigenvalue weighted by Crippen LogP contribution is 2.24. The van der Waals surface area contributed by atoms with Gasteiger partial charge in [0.1, 0.15) is 17.0 Å². The minimum atomic E-state index is -0.305. The Kier molecular flexibility index (Phi) is 8.00. The van der Waals surface area contributed by atoms with E-state index in [1.54, 1.807) is 24.3 Å². The average molecular weight is 632 g/mol. The van der Waals surface area contributed by atoms with Crippen LogP contribution in [0.5, 0.6) is 5.88 Å². The van der Waals surface area contributed by atoms with Crippen molar-refractivity contribution in [1.29, 1.82) is 5.26 Å². The maximum absolute atomic E-state index is 13.6. The molecule has 0 atom stereocenters. The zero-order chi connectivity index (χ0) is 20.8. The topological polar surface area (TPSA) is 55.1 Å². The molecule has 148 valence electrons. The van der Waals surface area contributed by atoms with E-state index in [0.29, 0.717) is 40.3 Å². The largest absolute Gasteiger partial charge is 0.473 e. The molecule has 1 heterocycles. The van der Waals surface area contributed by atoms with Gasteiger partial charge in [-0.2, -0.15) is 5.26 Å². The number of halogens is 4. The molecule has 0 aliphatic carbocycles. The van der Waals surface area contributed by atoms with Gasteiger partial charge in [-0.15, -0.1) is 0 Å². The van der Waals surface area contributed by atoms with Crippen molar-refractivity contribution in [3.8, 4) is 11.9 Å². The minimum Gasteiger partial charge on any atom is -0.473 e. The highest BCUT2D eigenvalue weighted by atomic mass is 127. The second-order valence-electron chi connectivity index (χ2n) is 6.03. The van der Waals surface area contributed by atoms with Crippen molar-refractivity contribution < 1.29 is 13.9 Å². The number of hydrogen-bond donors (Lipinski definition) is 0. The Labute approximate surface area is 198 Å². The molecule has 0 radical (unpaired) electrons. The van der Waals surface area contributed by atoms with Crippen LogP contribution in [0.15, 0.2) is 57.6 Å². The summed E-state index contributed by atoms with van der Waals surface area (Å²) in [5.41, 5.74) is 3.19. The quantitative estimate of drug-likeness (QED) is 0.169. The zero-order valence-corrected chi connectivity index (χ0v) is 20.3. The third-order valence-corrected chi connectivity index (χ3v) is 6.06. The molecule has 0 fully saturated rings. The Morgan fingerprint density at radius 2 is 1.79 bits per heavy atom. The summed E-state index contributed by atoms with van der Waals surface area (Å²) in [4.78, 5) is 4.25. The zero-order valence-electron chi connectivity index (χ0n) is 15.0. The van der Waals surface area contributed by atoms with Gasteiger partial charge in [-0.25, -0.2) is 9.37 Å². The molecule has 0 spiro atoms. The maximum Gasteiger partial charge on any atom is 0.214 e. The highest BCUT2D eigenvalue weighted by Gasteiger charge is 2.10. The summed E-state index contributed by atoms with van der Waals surface area (Å²) in [6, 6.07) is 16.2. The van der Waals surface area contributed by atoms with Gasteiger partial charge in [-0.1, -0.05) is 12.1 Å². The van der Waals surface area contributed by atoms with Gasteiger partial charge in [0.15, 0.2) is 0 Å². The lowest BCUT2D eigenvalue weighted by Crippen LogP contribution is -2.04. The Morgan fingerprint density at radius 1 is 1.00 bits per heavy atom. The van der Waals surface area contributed by atoms with Gasteiger partial charge >= 0.3 is 0 Å². The van der Waals surface area contributed by atoms with Crippen LogP contribution in [-0.2, 0) is 24.6 Å². The molecule has 3 rings (SSSR count). The molecule has 29 heavy (non-hydrogen) atoms. The average Bonchev–Trinajstić information content (AvgIpc) is 2.70. The van der Waals surface area contributed by atoms with Gasteiger partial charge < -0.3 is 9.47 Å². The van der Waals surface area contributed by atoms with E-state index >= 15 is 0 Å². The summed E-state index contributed by atoms with van der Waals surface area (Å²) >= 11 is 8.60. The standard InChI is InChI=1S/C21H14Br2FIN2O2/c22-17-7-16(19(25)8-18(17)24)11-28-10-15-6-13(9-26)4-5-14(15)12-29-21-3-1-2-20(23)27-21/h1-8H,10-12H2. The minimum absolute atomic E-state index is 0.297. The van der Waals surface area contributed by atoms with Crippen LogP contribution in [-0.4, -0.2) is 4.98 Å². The Bertz CT molecular complexity index is 1070. The predicted octanol–water partition coefficient (Wildman–Crippen LogP) is 6.52. The molecular weight excluding hydrogens is 618 g/mol. The third kappa shape index (κ3) is 6.22. The summed E-state index contributed by atoms with van der Waals surface area (Å²) in [7, 11) is 0. The molecule has 0 amide bonds. The number of nitriles is 1. The van der Waals surface area contributed by atoms with Crippen LogP contribution in [0.4, 0.5) is 4.39 Å². The summed E-state index contributed by atoms with van der Waals surface area (Å²) in [6.45, 7) is 0.917. The van der Waals surface area contributed by atoms with Crippen LogP contribution < -0.4 is 4.74 Å². The van der Waals surface area contributed by atoms with Gasteiger partial charge in [0.25, 0.3) is 0 Å². The van der Waals surface area contributed by atoms with Crippen LogP contribution in [0.3, 0.4) is 0 Å². The third-order valence-electron chi connectivity index (χ3n) is 4.00. The van der Waals surface area contributed by atoms with E-state index < -0.39 is 0 Å². The fourth-order valence-corrected chi connectivity index (χ4v) is 3.84. The molecule has 3 aromatic rings. The summed E-state index contributed by atoms with van der Waals surface area (Å²) in [5, 5.41) is 9.21. The van der Waals surface area contributed by atoms with Crippen LogP contribution in [0, 0.1) is 20.7 Å². The van der Waals surface area contributed by atoms with E-state index in [-0.39, 0.29) is 5.82 Å². The number of rotatable bonds is 7. The number of hydrogen-bond acceptors (Lipinski definition) is 4. The van der Waals surface area contributed by atoms with Crippen molar-refractivity contribution in [3.05, 3.63) is 89.2 Å². The molecular formula is C21H14Br2FIN2O2. The first-order valence-corrected chi connectivity index (χ1v) is 11.1. The van der Waals surface area contributed by atoms with E-state index in [2.05, 4.69) is 65.5 Å². The van der Waals surface area contributed by atoms with Crippen molar-refractivity contribution in [1.82, 2.24) is 4.98 Å². The smallest absolute Gasteiger partial charge is 0.214 e. The number of aromatic nitrogens is 1. The van der Waals surface area contributed by atoms with Crippen molar-refractivity contribution in [2.75, 3.05) is 0 Å². The molecule has 0 unspecified atom stereocenters. The van der Waals surface area contributed by atoms with Crippen molar-refractivity contribution in [3.63, 3.8) is 0 Å². The van der Waals surface area contributed by atoms with E-state index in [1.807, 2.05) is 18.2 Å². The van der Waals surface area contributed by atoms with Gasteiger partial charge in [0.2, 0.25) is 5.88 Å². The fourth-order valence-electron chi connectivity index (χ4n) is 2.54. The normalized spacial score (nSPS) is 10.6. The van der Waals surface area contributed by atoms with Crippen LogP contribution in [0.1, 0.15) is 22.3 Å². The highest BCUT2D eigenvalue weighted by molar-refractivity contribution is 14.1. The van der Waals surface area contributed by atoms with Crippen LogP contribution in [0.25, 0.3) is 0 Å². The van der Waals surface area contributed by atoms with Crippen LogP contribution >= 0.6 is 54.5 Å². The number of nitrogens with zero attached hydrogens (tertiary/aromatic N) is 2. The second-order valence-corrected chi connectivity index (χ2v) is 8.86. The van der Waals surface area contributed by atoms with Crippen molar-refractivity contribution >= 4 is 54.5 Å². The lowest BCUT2D eigenvalue weighted by molar-refractivity contribution is 0.105. The Hall–Kier alpha value is -1.54. The van der Waals surface area contributed by atoms with Crippen molar-refractivity contribution in [2.45, 2.75) is 19.8 Å². The number of benzene rings is 2. The SMILES string of the molecule is N#Cc1ccc(COc2cccc(Br)n2)c(COCc2cc(Br)c(F)cc2I)c1. The Balaban J connectivity index is 1.70. The lowest BCUT2D eigenvalue weighted by Gasteiger charge is -2.13. The Morgan fingerprint density at radius 3 is 2.55 bits per heavy atom. The first kappa shape index (κ1) is 22.2. The second kappa shape index (κ2) is 10.5. The molecule has 2 aromatic carbocycles. The molecule has 0 aliphatic heterocycles. The molecule has 1 aromatic heterocycles. The van der Waals surface area contributed by atoms with Gasteiger partial charge in [-0.3, -0.25) is 0 Å². The summed E-state index contributed by atoms with van der Waals surface area (Å²) < 4.78 is 27.1. The predicted molar refractivity (Wildman–Crippen MR) is 123 cm³/mol. The first-order chi connectivity index (χ1) is 14.0. The molecule has 0 N–H and O–H groups in total. The molecule has 8 heteroatoms. The van der Waals surface area contributed by atoms with Crippen molar-refractivity contribution in [2.24, 2.45) is 0 Å². The molecule has 0 saturated heterocycles. The molecule has 0 aliphatic rings. The van der Waals surface area contributed by atoms with E-state index in [1.165, 1.54) is 6.07 Å². The van der Waals surface area contributed by atoms with E-state index in [9.17, 15) is 9.65 Å². The van der Waals surface area contributed by atoms with Gasteiger partial charge in [-0.05, 0) is 101 Å². The summed E-state index contributed by atoms with van der Waals surface area (Å²) in [5.74, 6) is 0.196. The number of ether oxygens (including phenoxy) is 2.